The molecule has 1 aliphatic carbocycles. The number of carbonyl (C=O) groups excluding carboxylic acids is 1. The van der Waals surface area contributed by atoms with Crippen molar-refractivity contribution in [1.29, 1.82) is 0 Å². The van der Waals surface area contributed by atoms with Crippen LogP contribution in [0.15, 0.2) is 0 Å². The molecule has 3 heteroatoms. The summed E-state index contributed by atoms with van der Waals surface area (Å²) >= 11 is 0. The molecule has 3 nitrogen and oxygen atoms in total. The summed E-state index contributed by atoms with van der Waals surface area (Å²) in [4.78, 5) is 14.3. The van der Waals surface area contributed by atoms with Crippen molar-refractivity contribution in [2.24, 2.45) is 5.92 Å². The molecule has 0 unspecified atom stereocenters. The van der Waals surface area contributed by atoms with Crippen molar-refractivity contribution in [2.75, 3.05) is 26.8 Å². The summed E-state index contributed by atoms with van der Waals surface area (Å²) in [6.45, 7) is 2.73. The molecule has 2 fully saturated rings. The first-order valence-corrected chi connectivity index (χ1v) is 6.08. The van der Waals surface area contributed by atoms with E-state index in [1.165, 1.54) is 19.3 Å². The van der Waals surface area contributed by atoms with Crippen LogP contribution in [0.1, 0.15) is 32.1 Å². The number of nitrogens with zero attached hydrogens (tertiary/aromatic N) is 1. The summed E-state index contributed by atoms with van der Waals surface area (Å²) in [7, 11) is 1.74. The Morgan fingerprint density at radius 1 is 1.40 bits per heavy atom. The average Bonchev–Trinajstić information content (AvgIpc) is 2.29. The molecule has 0 aromatic heterocycles. The molecule has 1 heterocycles. The number of fused-ring (bicyclic) bond motifs is 1. The smallest absolute Gasteiger partial charge is 0.138 e. The maximum Gasteiger partial charge on any atom is 0.138 e. The summed E-state index contributed by atoms with van der Waals surface area (Å²) in [5.41, 5.74) is 0. The van der Waals surface area contributed by atoms with E-state index in [-0.39, 0.29) is 0 Å². The predicted molar refractivity (Wildman–Crippen MR) is 58.8 cm³/mol. The predicted octanol–water partition coefficient (Wildman–Crippen LogP) is 1.47. The van der Waals surface area contributed by atoms with E-state index in [0.29, 0.717) is 17.7 Å². The standard InChI is InChI=1S/C12H21NO2/c1-15-9-8-13-7-6-12(14)10-4-2-3-5-11(10)13/h10-11H,2-9H2,1H3/t10-,11-/m1/s1. The van der Waals surface area contributed by atoms with Crippen molar-refractivity contribution < 1.29 is 9.53 Å². The number of carbonyl (C=O) groups is 1. The number of Topliss-reactive ketones (excluding diaryl/α,β-unsaturated/α-hetero) is 1. The van der Waals surface area contributed by atoms with E-state index in [1.807, 2.05) is 0 Å². The van der Waals surface area contributed by atoms with E-state index in [9.17, 15) is 4.79 Å². The number of hydrogen-bond donors (Lipinski definition) is 0. The quantitative estimate of drug-likeness (QED) is 0.708. The Kier molecular flexibility index (Phi) is 3.76. The summed E-state index contributed by atoms with van der Waals surface area (Å²) in [6, 6.07) is 0.523. The SMILES string of the molecule is COCCN1CCC(=O)[C@@H]2CCCC[C@H]21. The van der Waals surface area contributed by atoms with Gasteiger partial charge >= 0.3 is 0 Å². The number of methoxy groups -OCH3 is 1. The zero-order chi connectivity index (χ0) is 10.7. The topological polar surface area (TPSA) is 29.5 Å². The van der Waals surface area contributed by atoms with Gasteiger partial charge in [-0.25, -0.2) is 0 Å². The van der Waals surface area contributed by atoms with Crippen molar-refractivity contribution >= 4 is 5.78 Å². The lowest BCUT2D eigenvalue weighted by molar-refractivity contribution is -0.131. The van der Waals surface area contributed by atoms with Gasteiger partial charge in [-0.15, -0.1) is 0 Å². The van der Waals surface area contributed by atoms with Crippen LogP contribution in [0.5, 0.6) is 0 Å². The molecule has 0 aromatic carbocycles. The number of ether oxygens (including phenoxy) is 1. The maximum atomic E-state index is 11.8. The molecule has 86 valence electrons. The summed E-state index contributed by atoms with van der Waals surface area (Å²) in [5, 5.41) is 0. The number of likely N-dealkylation sites (tertiary alicyclic amines) is 1. The lowest BCUT2D eigenvalue weighted by atomic mass is 9.77. The van der Waals surface area contributed by atoms with Gasteiger partial charge in [-0.05, 0) is 12.8 Å². The second kappa shape index (κ2) is 5.08. The highest BCUT2D eigenvalue weighted by molar-refractivity contribution is 5.82. The zero-order valence-electron chi connectivity index (χ0n) is 9.58. The molecule has 1 saturated carbocycles. The Morgan fingerprint density at radius 2 is 2.20 bits per heavy atom. The Morgan fingerprint density at radius 3 is 3.00 bits per heavy atom. The van der Waals surface area contributed by atoms with E-state index < -0.39 is 0 Å². The maximum absolute atomic E-state index is 11.8. The highest BCUT2D eigenvalue weighted by atomic mass is 16.5. The van der Waals surface area contributed by atoms with Crippen molar-refractivity contribution in [1.82, 2.24) is 4.90 Å². The van der Waals surface area contributed by atoms with Crippen LogP contribution < -0.4 is 0 Å². The minimum absolute atomic E-state index is 0.337. The van der Waals surface area contributed by atoms with E-state index in [4.69, 9.17) is 4.74 Å². The summed E-state index contributed by atoms with van der Waals surface area (Å²) < 4.78 is 5.12. The molecule has 1 aliphatic heterocycles. The molecule has 0 radical (unpaired) electrons. The molecular weight excluding hydrogens is 190 g/mol. The van der Waals surface area contributed by atoms with Crippen LogP contribution in [0.2, 0.25) is 0 Å². The lowest BCUT2D eigenvalue weighted by Gasteiger charge is -2.43. The van der Waals surface area contributed by atoms with Gasteiger partial charge in [-0.1, -0.05) is 12.8 Å². The minimum Gasteiger partial charge on any atom is -0.383 e. The minimum atomic E-state index is 0.337. The van der Waals surface area contributed by atoms with Crippen LogP contribution in [0.4, 0.5) is 0 Å². The lowest BCUT2D eigenvalue weighted by Crippen LogP contribution is -2.51. The van der Waals surface area contributed by atoms with Gasteiger partial charge in [0, 0.05) is 38.6 Å². The first-order chi connectivity index (χ1) is 7.33. The highest BCUT2D eigenvalue weighted by Crippen LogP contribution is 2.32. The second-order valence-corrected chi connectivity index (χ2v) is 4.70. The van der Waals surface area contributed by atoms with Crippen LogP contribution in [-0.2, 0) is 9.53 Å². The fourth-order valence-electron chi connectivity index (χ4n) is 3.02. The molecule has 0 spiro atoms. The molecule has 2 atom stereocenters. The Labute approximate surface area is 91.8 Å². The first kappa shape index (κ1) is 11.1. The summed E-state index contributed by atoms with van der Waals surface area (Å²) in [5.74, 6) is 0.845. The van der Waals surface area contributed by atoms with E-state index in [2.05, 4.69) is 4.90 Å². The molecule has 2 rings (SSSR count). The largest absolute Gasteiger partial charge is 0.383 e. The fraction of sp³-hybridized carbons (Fsp3) is 0.917. The van der Waals surface area contributed by atoms with E-state index in [1.54, 1.807) is 7.11 Å². The average molecular weight is 211 g/mol. The Balaban J connectivity index is 1.97. The highest BCUT2D eigenvalue weighted by Gasteiger charge is 2.37. The molecule has 0 amide bonds. The molecule has 0 aromatic rings. The molecule has 0 bridgehead atoms. The van der Waals surface area contributed by atoms with Crippen molar-refractivity contribution in [2.45, 2.75) is 38.1 Å². The molecule has 15 heavy (non-hydrogen) atoms. The fourth-order valence-corrected chi connectivity index (χ4v) is 3.02. The van der Waals surface area contributed by atoms with Gasteiger partial charge in [0.05, 0.1) is 6.61 Å². The second-order valence-electron chi connectivity index (χ2n) is 4.70. The van der Waals surface area contributed by atoms with Gasteiger partial charge in [0.25, 0.3) is 0 Å². The van der Waals surface area contributed by atoms with Crippen molar-refractivity contribution in [3.63, 3.8) is 0 Å². The number of hydrogen-bond acceptors (Lipinski definition) is 3. The van der Waals surface area contributed by atoms with Gasteiger partial charge in [0.15, 0.2) is 0 Å². The van der Waals surface area contributed by atoms with Crippen LogP contribution in [-0.4, -0.2) is 43.5 Å². The van der Waals surface area contributed by atoms with Gasteiger partial charge in [0.1, 0.15) is 5.78 Å². The van der Waals surface area contributed by atoms with Gasteiger partial charge < -0.3 is 4.74 Å². The zero-order valence-corrected chi connectivity index (χ0v) is 9.58. The first-order valence-electron chi connectivity index (χ1n) is 6.08. The summed E-state index contributed by atoms with van der Waals surface area (Å²) in [6.07, 6.45) is 5.61. The van der Waals surface area contributed by atoms with Gasteiger partial charge in [-0.2, -0.15) is 0 Å². The normalized spacial score (nSPS) is 32.7. The van der Waals surface area contributed by atoms with Crippen LogP contribution in [0, 0.1) is 5.92 Å². The van der Waals surface area contributed by atoms with Crippen molar-refractivity contribution in [3.05, 3.63) is 0 Å². The Hall–Kier alpha value is -0.410. The van der Waals surface area contributed by atoms with E-state index >= 15 is 0 Å². The molecule has 0 N–H and O–H groups in total. The van der Waals surface area contributed by atoms with Gasteiger partial charge in [0.2, 0.25) is 0 Å². The van der Waals surface area contributed by atoms with Crippen LogP contribution >= 0.6 is 0 Å². The molecule has 2 aliphatic rings. The Bertz CT molecular complexity index is 230. The number of rotatable bonds is 3. The van der Waals surface area contributed by atoms with E-state index in [0.717, 1.165) is 32.5 Å². The third-order valence-corrected chi connectivity index (χ3v) is 3.84. The molecule has 1 saturated heterocycles. The van der Waals surface area contributed by atoms with Crippen molar-refractivity contribution in [3.8, 4) is 0 Å². The number of ketones is 1. The van der Waals surface area contributed by atoms with Gasteiger partial charge in [-0.3, -0.25) is 9.69 Å². The third-order valence-electron chi connectivity index (χ3n) is 3.84. The number of piperidine rings is 1. The molecular formula is C12H21NO2. The third kappa shape index (κ3) is 2.40. The van der Waals surface area contributed by atoms with Crippen LogP contribution in [0.25, 0.3) is 0 Å². The monoisotopic (exact) mass is 211 g/mol. The van der Waals surface area contributed by atoms with Crippen LogP contribution in [0.3, 0.4) is 0 Å².